The van der Waals surface area contributed by atoms with Crippen LogP contribution < -0.4 is 14.9 Å². The summed E-state index contributed by atoms with van der Waals surface area (Å²) >= 11 is 0. The van der Waals surface area contributed by atoms with Crippen molar-refractivity contribution in [1.29, 1.82) is 0 Å². The topological polar surface area (TPSA) is 60.6 Å². The Balaban J connectivity index is 1.57. The van der Waals surface area contributed by atoms with E-state index >= 15 is 0 Å². The summed E-state index contributed by atoms with van der Waals surface area (Å²) in [5, 5.41) is 0. The molecule has 5 nitrogen and oxygen atoms in total. The van der Waals surface area contributed by atoms with Gasteiger partial charge >= 0.3 is 6.36 Å². The zero-order chi connectivity index (χ0) is 22.7. The van der Waals surface area contributed by atoms with Crippen LogP contribution in [-0.2, 0) is 24.0 Å². The fourth-order valence-corrected chi connectivity index (χ4v) is 4.03. The van der Waals surface area contributed by atoms with E-state index in [1.54, 1.807) is 24.3 Å². The molecular weight excluding hydrogens is 442 g/mol. The maximum absolute atomic E-state index is 13.2. The summed E-state index contributed by atoms with van der Waals surface area (Å²) in [4.78, 5) is 16.6. The minimum absolute atomic E-state index is 0.0180. The number of halogens is 3. The van der Waals surface area contributed by atoms with E-state index in [0.29, 0.717) is 17.1 Å². The number of benzene rings is 2. The van der Waals surface area contributed by atoms with Crippen LogP contribution in [0.2, 0.25) is 0 Å². The normalized spacial score (nSPS) is 13.5. The molecule has 0 amide bonds. The fraction of sp³-hybridized carbons (Fsp3) is 0.261. The molecule has 32 heavy (non-hydrogen) atoms. The molecule has 3 aromatic rings. The van der Waals surface area contributed by atoms with Crippen LogP contribution in [0.5, 0.6) is 17.2 Å². The Bertz CT molecular complexity index is 1140. The highest BCUT2D eigenvalue weighted by Crippen LogP contribution is 2.30. The maximum atomic E-state index is 13.2. The highest BCUT2D eigenvalue weighted by molar-refractivity contribution is 7.09. The Morgan fingerprint density at radius 3 is 2.12 bits per heavy atom. The second kappa shape index (κ2) is 9.35. The minimum atomic E-state index is -4.74. The Morgan fingerprint density at radius 1 is 0.906 bits per heavy atom. The van der Waals surface area contributed by atoms with Gasteiger partial charge in [0.15, 0.2) is 5.43 Å². The summed E-state index contributed by atoms with van der Waals surface area (Å²) in [6.45, 7) is 0.257. The van der Waals surface area contributed by atoms with Crippen LogP contribution in [0.15, 0.2) is 53.3 Å². The number of pyridine rings is 1. The number of rotatable bonds is 6. The molecule has 1 aliphatic carbocycles. The molecule has 2 aromatic carbocycles. The number of ether oxygens (including phenoxy) is 2. The molecule has 4 rings (SSSR count). The van der Waals surface area contributed by atoms with Crippen molar-refractivity contribution in [2.75, 3.05) is 0 Å². The lowest BCUT2D eigenvalue weighted by Gasteiger charge is -2.19. The summed E-state index contributed by atoms with van der Waals surface area (Å²) < 4.78 is 51.6. The van der Waals surface area contributed by atoms with Crippen LogP contribution in [-0.4, -0.2) is 11.3 Å². The van der Waals surface area contributed by atoms with Crippen LogP contribution in [0.1, 0.15) is 29.8 Å². The number of nitrogens with one attached hydrogen (secondary N) is 1. The number of hydrogen-bond acceptors (Lipinski definition) is 4. The molecule has 1 N–H and O–H groups in total. The number of hydrogen-bond donors (Lipinski definition) is 1. The predicted octanol–water partition coefficient (Wildman–Crippen LogP) is 5.92. The molecule has 0 radical (unpaired) electrons. The van der Waals surface area contributed by atoms with Gasteiger partial charge in [-0.2, -0.15) is 0 Å². The number of fused-ring (bicyclic) bond motifs is 1. The molecule has 1 atom stereocenters. The molecule has 0 saturated heterocycles. The second-order valence-corrected chi connectivity index (χ2v) is 7.76. The number of aryl methyl sites for hydroxylation is 1. The Hall–Kier alpha value is -2.83. The van der Waals surface area contributed by atoms with Crippen LogP contribution in [0.25, 0.3) is 11.1 Å². The van der Waals surface area contributed by atoms with E-state index in [1.807, 2.05) is 0 Å². The molecule has 0 saturated carbocycles. The third kappa shape index (κ3) is 5.14. The van der Waals surface area contributed by atoms with E-state index in [0.717, 1.165) is 48.2 Å². The molecular formula is C23H21F3NO4P. The van der Waals surface area contributed by atoms with Crippen LogP contribution in [0, 0.1) is 0 Å². The van der Waals surface area contributed by atoms with E-state index in [-0.39, 0.29) is 17.8 Å². The van der Waals surface area contributed by atoms with E-state index in [4.69, 9.17) is 9.26 Å². The van der Waals surface area contributed by atoms with Crippen molar-refractivity contribution in [2.24, 2.45) is 0 Å². The third-order valence-corrected chi connectivity index (χ3v) is 5.40. The van der Waals surface area contributed by atoms with Crippen molar-refractivity contribution in [1.82, 2.24) is 4.98 Å². The lowest BCUT2D eigenvalue weighted by atomic mass is 9.91. The van der Waals surface area contributed by atoms with Gasteiger partial charge in [0.1, 0.15) is 17.2 Å². The molecule has 0 fully saturated rings. The van der Waals surface area contributed by atoms with Gasteiger partial charge in [0.25, 0.3) is 0 Å². The molecule has 9 heteroatoms. The minimum Gasteiger partial charge on any atom is -0.457 e. The van der Waals surface area contributed by atoms with Crippen LogP contribution in [0.3, 0.4) is 0 Å². The van der Waals surface area contributed by atoms with Crippen molar-refractivity contribution in [2.45, 2.75) is 38.7 Å². The number of aromatic amines is 1. The quantitative estimate of drug-likeness (QED) is 0.461. The highest BCUT2D eigenvalue weighted by Gasteiger charge is 2.31. The van der Waals surface area contributed by atoms with Gasteiger partial charge in [-0.25, -0.2) is 0 Å². The molecule has 0 spiro atoms. The Morgan fingerprint density at radius 2 is 1.50 bits per heavy atom. The molecule has 1 unspecified atom stereocenters. The number of aromatic nitrogens is 1. The highest BCUT2D eigenvalue weighted by atomic mass is 31.0. The molecule has 1 aromatic heterocycles. The SMILES string of the molecule is O=c1c2c([nH]c(COP)c1-c1ccc(Oc3ccc(OC(F)(F)F)cc3)cc1)CCCC2. The first-order valence-corrected chi connectivity index (χ1v) is 10.5. The van der Waals surface area contributed by atoms with E-state index in [1.165, 1.54) is 24.3 Å². The molecule has 168 valence electrons. The first-order valence-electron chi connectivity index (χ1n) is 10.1. The van der Waals surface area contributed by atoms with Gasteiger partial charge in [0, 0.05) is 20.7 Å². The maximum Gasteiger partial charge on any atom is 0.573 e. The van der Waals surface area contributed by atoms with Gasteiger partial charge in [-0.3, -0.25) is 4.79 Å². The van der Waals surface area contributed by atoms with Gasteiger partial charge in [0.2, 0.25) is 0 Å². The lowest BCUT2D eigenvalue weighted by molar-refractivity contribution is -0.274. The largest absolute Gasteiger partial charge is 0.573 e. The number of H-pyrrole nitrogens is 1. The van der Waals surface area contributed by atoms with Crippen molar-refractivity contribution in [3.63, 3.8) is 0 Å². The van der Waals surface area contributed by atoms with Crippen molar-refractivity contribution in [3.05, 3.63) is 75.7 Å². The zero-order valence-corrected chi connectivity index (χ0v) is 18.2. The van der Waals surface area contributed by atoms with Crippen molar-refractivity contribution < 1.29 is 27.2 Å². The smallest absolute Gasteiger partial charge is 0.457 e. The standard InChI is InChI=1S/C23H21F3NO4P/c24-23(25,26)31-17-11-9-16(10-12-17)30-15-7-5-14(6-8-15)21-20(13-29-32)27-19-4-2-1-3-18(19)22(21)28/h5-12H,1-4,13,32H2,(H,27,28). The third-order valence-electron chi connectivity index (χ3n) is 5.24. The van der Waals surface area contributed by atoms with Crippen LogP contribution in [0.4, 0.5) is 13.2 Å². The lowest BCUT2D eigenvalue weighted by Crippen LogP contribution is -2.22. The Labute approximate surface area is 184 Å². The molecule has 1 aliphatic rings. The first kappa shape index (κ1) is 22.4. The summed E-state index contributed by atoms with van der Waals surface area (Å²) in [5.74, 6) is 0.517. The van der Waals surface area contributed by atoms with Crippen LogP contribution >= 0.6 is 9.47 Å². The number of alkyl halides is 3. The molecule has 1 heterocycles. The molecule has 0 aliphatic heterocycles. The van der Waals surface area contributed by atoms with Gasteiger partial charge < -0.3 is 19.0 Å². The van der Waals surface area contributed by atoms with E-state index in [2.05, 4.69) is 19.2 Å². The second-order valence-electron chi connectivity index (χ2n) is 7.43. The first-order chi connectivity index (χ1) is 15.3. The summed E-state index contributed by atoms with van der Waals surface area (Å²) in [6.07, 6.45) is -1.08. The summed E-state index contributed by atoms with van der Waals surface area (Å²) in [7, 11) is 2.20. The predicted molar refractivity (Wildman–Crippen MR) is 117 cm³/mol. The van der Waals surface area contributed by atoms with E-state index < -0.39 is 6.36 Å². The Kier molecular flexibility index (Phi) is 6.53. The van der Waals surface area contributed by atoms with Gasteiger partial charge in [-0.05, 0) is 67.6 Å². The van der Waals surface area contributed by atoms with Gasteiger partial charge in [0.05, 0.1) is 17.9 Å². The zero-order valence-electron chi connectivity index (χ0n) is 17.0. The van der Waals surface area contributed by atoms with Gasteiger partial charge in [-0.1, -0.05) is 12.1 Å². The van der Waals surface area contributed by atoms with Crippen molar-refractivity contribution in [3.8, 4) is 28.4 Å². The fourth-order valence-electron chi connectivity index (χ4n) is 3.86. The van der Waals surface area contributed by atoms with Gasteiger partial charge in [-0.15, -0.1) is 13.2 Å². The summed E-state index contributed by atoms with van der Waals surface area (Å²) in [5.41, 5.74) is 3.87. The summed E-state index contributed by atoms with van der Waals surface area (Å²) in [6, 6.07) is 12.1. The monoisotopic (exact) mass is 463 g/mol. The average molecular weight is 463 g/mol. The van der Waals surface area contributed by atoms with Crippen molar-refractivity contribution >= 4 is 9.47 Å². The average Bonchev–Trinajstić information content (AvgIpc) is 2.76. The molecule has 0 bridgehead atoms. The van der Waals surface area contributed by atoms with E-state index in [9.17, 15) is 18.0 Å².